The minimum atomic E-state index is -1.13. The summed E-state index contributed by atoms with van der Waals surface area (Å²) in [6, 6.07) is 12.5. The largest absolute Gasteiger partial charge is 0.508 e. The first-order valence-corrected chi connectivity index (χ1v) is 10.4. The molecule has 1 amide bonds. The molecule has 0 bridgehead atoms. The fraction of sp³-hybridized carbons (Fsp3) is 0.0833. The Morgan fingerprint density at radius 1 is 1.06 bits per heavy atom. The van der Waals surface area contributed by atoms with Crippen molar-refractivity contribution in [1.82, 2.24) is 0 Å². The standard InChI is InChI=1S/C24H16Cl2FNO5/c1-33-23-17(9-13(25)10-18(23)26)21(30)19-20(12-5-7-16(29)8-6-12)28(24(32)22(19)31)15-4-2-3-14(27)11-15/h2-11,20,29-30H,1H3/b21-19+. The van der Waals surface area contributed by atoms with Crippen LogP contribution in [0.4, 0.5) is 10.1 Å². The van der Waals surface area contributed by atoms with Crippen molar-refractivity contribution in [1.29, 1.82) is 0 Å². The third-order valence-corrected chi connectivity index (χ3v) is 5.71. The highest BCUT2D eigenvalue weighted by molar-refractivity contribution is 6.51. The summed E-state index contributed by atoms with van der Waals surface area (Å²) >= 11 is 12.3. The summed E-state index contributed by atoms with van der Waals surface area (Å²) in [6.07, 6.45) is 0. The molecule has 4 rings (SSSR count). The molecule has 0 saturated carbocycles. The maximum absolute atomic E-state index is 14.0. The quantitative estimate of drug-likeness (QED) is 0.289. The van der Waals surface area contributed by atoms with Crippen LogP contribution in [-0.4, -0.2) is 29.0 Å². The zero-order valence-corrected chi connectivity index (χ0v) is 18.6. The maximum atomic E-state index is 14.0. The van der Waals surface area contributed by atoms with E-state index < -0.39 is 29.3 Å². The Morgan fingerprint density at radius 2 is 1.76 bits per heavy atom. The van der Waals surface area contributed by atoms with Crippen molar-refractivity contribution < 1.29 is 28.9 Å². The van der Waals surface area contributed by atoms with E-state index in [1.54, 1.807) is 0 Å². The highest BCUT2D eigenvalue weighted by Crippen LogP contribution is 2.45. The third kappa shape index (κ3) is 4.01. The molecule has 0 radical (unpaired) electrons. The number of rotatable bonds is 4. The maximum Gasteiger partial charge on any atom is 0.300 e. The number of halogens is 3. The summed E-state index contributed by atoms with van der Waals surface area (Å²) in [6.45, 7) is 0. The predicted octanol–water partition coefficient (Wildman–Crippen LogP) is 5.47. The molecule has 0 aromatic heterocycles. The van der Waals surface area contributed by atoms with Crippen molar-refractivity contribution in [3.05, 3.63) is 93.2 Å². The number of aliphatic hydroxyl groups excluding tert-OH is 1. The van der Waals surface area contributed by atoms with Crippen molar-refractivity contribution in [3.63, 3.8) is 0 Å². The Balaban J connectivity index is 2.01. The molecular weight excluding hydrogens is 472 g/mol. The van der Waals surface area contributed by atoms with Crippen LogP contribution in [0.2, 0.25) is 10.0 Å². The number of hydrogen-bond donors (Lipinski definition) is 2. The minimum Gasteiger partial charge on any atom is -0.508 e. The van der Waals surface area contributed by atoms with Gasteiger partial charge >= 0.3 is 0 Å². The van der Waals surface area contributed by atoms with Crippen LogP contribution < -0.4 is 9.64 Å². The van der Waals surface area contributed by atoms with E-state index in [-0.39, 0.29) is 38.4 Å². The van der Waals surface area contributed by atoms with Crippen LogP contribution in [0.1, 0.15) is 17.2 Å². The van der Waals surface area contributed by atoms with E-state index in [1.807, 2.05) is 0 Å². The van der Waals surface area contributed by atoms with Crippen LogP contribution >= 0.6 is 23.2 Å². The van der Waals surface area contributed by atoms with Gasteiger partial charge in [0.2, 0.25) is 0 Å². The Kier molecular flexibility index (Phi) is 6.01. The van der Waals surface area contributed by atoms with Crippen LogP contribution in [0.15, 0.2) is 66.2 Å². The monoisotopic (exact) mass is 487 g/mol. The van der Waals surface area contributed by atoms with Crippen molar-refractivity contribution in [2.75, 3.05) is 12.0 Å². The fourth-order valence-electron chi connectivity index (χ4n) is 3.79. The first-order valence-electron chi connectivity index (χ1n) is 9.61. The Bertz CT molecular complexity index is 1310. The topological polar surface area (TPSA) is 87.1 Å². The molecule has 1 unspecified atom stereocenters. The number of anilines is 1. The number of carbonyl (C=O) groups excluding carboxylic acids is 2. The van der Waals surface area contributed by atoms with E-state index in [4.69, 9.17) is 27.9 Å². The molecule has 0 aliphatic carbocycles. The second-order valence-electron chi connectivity index (χ2n) is 7.21. The van der Waals surface area contributed by atoms with E-state index in [9.17, 15) is 24.2 Å². The van der Waals surface area contributed by atoms with Gasteiger partial charge in [0.25, 0.3) is 11.7 Å². The lowest BCUT2D eigenvalue weighted by molar-refractivity contribution is -0.132. The molecule has 9 heteroatoms. The van der Waals surface area contributed by atoms with Crippen LogP contribution in [0.25, 0.3) is 5.76 Å². The predicted molar refractivity (Wildman–Crippen MR) is 122 cm³/mol. The third-order valence-electron chi connectivity index (χ3n) is 5.21. The molecule has 0 spiro atoms. The summed E-state index contributed by atoms with van der Waals surface area (Å²) in [5.74, 6) is -3.11. The number of carbonyl (C=O) groups is 2. The Hall–Kier alpha value is -3.55. The molecule has 1 fully saturated rings. The average molecular weight is 488 g/mol. The molecule has 2 N–H and O–H groups in total. The Morgan fingerprint density at radius 3 is 2.39 bits per heavy atom. The van der Waals surface area contributed by atoms with Crippen LogP contribution in [0.3, 0.4) is 0 Å². The average Bonchev–Trinajstić information content (AvgIpc) is 3.04. The second-order valence-corrected chi connectivity index (χ2v) is 8.05. The molecule has 1 aliphatic rings. The number of aliphatic hydroxyl groups is 1. The van der Waals surface area contributed by atoms with Gasteiger partial charge in [-0.05, 0) is 48.0 Å². The van der Waals surface area contributed by atoms with Crippen molar-refractivity contribution in [3.8, 4) is 11.5 Å². The van der Waals surface area contributed by atoms with E-state index in [0.29, 0.717) is 5.56 Å². The van der Waals surface area contributed by atoms with Gasteiger partial charge < -0.3 is 14.9 Å². The summed E-state index contributed by atoms with van der Waals surface area (Å²) < 4.78 is 19.3. The van der Waals surface area contributed by atoms with Crippen LogP contribution in [-0.2, 0) is 9.59 Å². The van der Waals surface area contributed by atoms with Gasteiger partial charge in [-0.1, -0.05) is 41.4 Å². The summed E-state index contributed by atoms with van der Waals surface area (Å²) in [4.78, 5) is 27.3. The summed E-state index contributed by atoms with van der Waals surface area (Å²) in [7, 11) is 1.33. The molecule has 6 nitrogen and oxygen atoms in total. The molecule has 168 valence electrons. The van der Waals surface area contributed by atoms with Crippen LogP contribution in [0, 0.1) is 5.82 Å². The number of phenolic OH excluding ortho intramolecular Hbond substituents is 1. The summed E-state index contributed by atoms with van der Waals surface area (Å²) in [5, 5.41) is 21.2. The zero-order valence-electron chi connectivity index (χ0n) is 17.1. The van der Waals surface area contributed by atoms with E-state index >= 15 is 0 Å². The lowest BCUT2D eigenvalue weighted by Gasteiger charge is -2.25. The lowest BCUT2D eigenvalue weighted by atomic mass is 9.94. The molecule has 1 saturated heterocycles. The number of aromatic hydroxyl groups is 1. The number of benzene rings is 3. The molecule has 33 heavy (non-hydrogen) atoms. The van der Waals surface area contributed by atoms with Gasteiger partial charge in [-0.2, -0.15) is 0 Å². The molecular formula is C24H16Cl2FNO5. The highest BCUT2D eigenvalue weighted by atomic mass is 35.5. The normalized spacial score (nSPS) is 17.5. The van der Waals surface area contributed by atoms with Gasteiger partial charge in [0.05, 0.1) is 29.3 Å². The first-order chi connectivity index (χ1) is 15.7. The smallest absolute Gasteiger partial charge is 0.300 e. The molecule has 1 heterocycles. The number of methoxy groups -OCH3 is 1. The Labute approximate surface area is 198 Å². The second kappa shape index (κ2) is 8.77. The zero-order chi connectivity index (χ0) is 23.9. The first kappa shape index (κ1) is 22.6. The number of hydrogen-bond acceptors (Lipinski definition) is 5. The minimum absolute atomic E-state index is 0.0102. The number of ketones is 1. The highest BCUT2D eigenvalue weighted by Gasteiger charge is 2.47. The molecule has 3 aromatic carbocycles. The molecule has 3 aromatic rings. The molecule has 1 atom stereocenters. The van der Waals surface area contributed by atoms with E-state index in [0.717, 1.165) is 11.0 Å². The van der Waals surface area contributed by atoms with Crippen LogP contribution in [0.5, 0.6) is 11.5 Å². The number of ether oxygens (including phenoxy) is 1. The fourth-order valence-corrected chi connectivity index (χ4v) is 4.36. The van der Waals surface area contributed by atoms with Crippen molar-refractivity contribution in [2.45, 2.75) is 6.04 Å². The number of phenols is 1. The van der Waals surface area contributed by atoms with Gasteiger partial charge in [0.15, 0.2) is 0 Å². The number of nitrogens with zero attached hydrogens (tertiary/aromatic N) is 1. The lowest BCUT2D eigenvalue weighted by Crippen LogP contribution is -2.29. The van der Waals surface area contributed by atoms with Gasteiger partial charge in [-0.15, -0.1) is 0 Å². The van der Waals surface area contributed by atoms with E-state index in [2.05, 4.69) is 0 Å². The summed E-state index contributed by atoms with van der Waals surface area (Å²) in [5.41, 5.74) is 0.248. The number of amides is 1. The SMILES string of the molecule is COc1c(Cl)cc(Cl)cc1/C(O)=C1\C(=O)C(=O)N(c2cccc(F)c2)C1c1ccc(O)cc1. The van der Waals surface area contributed by atoms with Gasteiger partial charge in [0.1, 0.15) is 23.1 Å². The van der Waals surface area contributed by atoms with Gasteiger partial charge in [-0.3, -0.25) is 14.5 Å². The van der Waals surface area contributed by atoms with Gasteiger partial charge in [-0.25, -0.2) is 4.39 Å². The van der Waals surface area contributed by atoms with Crippen molar-refractivity contribution in [2.24, 2.45) is 0 Å². The van der Waals surface area contributed by atoms with E-state index in [1.165, 1.54) is 61.7 Å². The molecule has 1 aliphatic heterocycles. The van der Waals surface area contributed by atoms with Crippen molar-refractivity contribution >= 4 is 46.3 Å². The van der Waals surface area contributed by atoms with Gasteiger partial charge in [0, 0.05) is 10.7 Å². The number of Topliss-reactive ketones (excluding diaryl/α,β-unsaturated/α-hetero) is 1.